The van der Waals surface area contributed by atoms with Crippen molar-refractivity contribution in [3.8, 4) is 11.5 Å². The first kappa shape index (κ1) is 40.3. The molecule has 2 unspecified atom stereocenters. The van der Waals surface area contributed by atoms with Gasteiger partial charge in [-0.3, -0.25) is 0 Å². The second-order valence-corrected chi connectivity index (χ2v) is 16.2. The van der Waals surface area contributed by atoms with Crippen molar-refractivity contribution in [2.45, 2.75) is 163 Å². The summed E-state index contributed by atoms with van der Waals surface area (Å²) in [5.74, 6) is 1.76. The van der Waals surface area contributed by atoms with E-state index in [0.717, 1.165) is 50.1 Å². The number of thiocarbonyl (C=S) groups is 2. The van der Waals surface area contributed by atoms with Crippen LogP contribution in [-0.2, 0) is 12.8 Å². The fourth-order valence-corrected chi connectivity index (χ4v) is 8.17. The number of hydrogen-bond donors (Lipinski definition) is 2. The molecular formula is C42H66N2O2S2. The molecule has 0 heterocycles. The van der Waals surface area contributed by atoms with Crippen molar-refractivity contribution in [3.05, 3.63) is 59.7 Å². The molecule has 3 rings (SSSR count). The van der Waals surface area contributed by atoms with Gasteiger partial charge in [0.1, 0.15) is 11.5 Å². The molecule has 1 saturated carbocycles. The number of nitrogens with one attached hydrogen (secondary N) is 2. The lowest BCUT2D eigenvalue weighted by molar-refractivity contribution is 0.0787. The Morgan fingerprint density at radius 1 is 0.646 bits per heavy atom. The van der Waals surface area contributed by atoms with E-state index in [1.165, 1.54) is 101 Å². The second kappa shape index (κ2) is 21.8. The standard InChI is InChI=1S/C42H66N2O2S2/c1-6-8-10-12-14-16-18-24-34-26-20-22-28-37(34)45-39(47)43-33-42(5)31-36(30-41(3,4)32-42)44-40(48)46-38-29-23-21-27-35(38)25-19-17-15-13-11-9-7-2/h20-23,26-29,36H,6-19,24-25,30-33H2,1-5H3,(H,43,47)(H,44,48). The topological polar surface area (TPSA) is 42.5 Å². The molecule has 0 aromatic heterocycles. The van der Waals surface area contributed by atoms with Crippen LogP contribution in [-0.4, -0.2) is 22.9 Å². The Morgan fingerprint density at radius 3 is 1.62 bits per heavy atom. The minimum absolute atomic E-state index is 0.0226. The highest BCUT2D eigenvalue weighted by Crippen LogP contribution is 2.46. The number of hydrogen-bond acceptors (Lipinski definition) is 4. The first-order valence-electron chi connectivity index (χ1n) is 19.2. The zero-order chi connectivity index (χ0) is 34.7. The Morgan fingerprint density at radius 2 is 1.10 bits per heavy atom. The summed E-state index contributed by atoms with van der Waals surface area (Å²) in [5, 5.41) is 7.99. The van der Waals surface area contributed by atoms with Gasteiger partial charge in [0.05, 0.1) is 0 Å². The quantitative estimate of drug-likeness (QED) is 0.100. The lowest BCUT2D eigenvalue weighted by Crippen LogP contribution is -2.51. The van der Waals surface area contributed by atoms with Crippen molar-refractivity contribution in [1.29, 1.82) is 0 Å². The van der Waals surface area contributed by atoms with Crippen LogP contribution in [0.15, 0.2) is 48.5 Å². The second-order valence-electron chi connectivity index (χ2n) is 15.5. The molecule has 268 valence electrons. The van der Waals surface area contributed by atoms with Gasteiger partial charge in [-0.25, -0.2) is 0 Å². The Labute approximate surface area is 304 Å². The number of para-hydroxylation sites is 2. The highest BCUT2D eigenvalue weighted by Gasteiger charge is 2.41. The molecule has 2 N–H and O–H groups in total. The molecule has 2 aromatic carbocycles. The third-order valence-electron chi connectivity index (χ3n) is 9.87. The molecule has 0 aliphatic heterocycles. The minimum atomic E-state index is 0.0226. The van der Waals surface area contributed by atoms with Gasteiger partial charge in [0.25, 0.3) is 10.3 Å². The zero-order valence-electron chi connectivity index (χ0n) is 31.0. The fraction of sp³-hybridized carbons (Fsp3) is 0.667. The highest BCUT2D eigenvalue weighted by atomic mass is 32.1. The Kier molecular flexibility index (Phi) is 18.3. The van der Waals surface area contributed by atoms with Crippen LogP contribution >= 0.6 is 24.4 Å². The number of benzene rings is 2. The van der Waals surface area contributed by atoms with Crippen molar-refractivity contribution in [1.82, 2.24) is 10.6 Å². The van der Waals surface area contributed by atoms with Crippen molar-refractivity contribution in [3.63, 3.8) is 0 Å². The molecule has 48 heavy (non-hydrogen) atoms. The number of aryl methyl sites for hydroxylation is 2. The van der Waals surface area contributed by atoms with Crippen LogP contribution in [0.2, 0.25) is 0 Å². The van der Waals surface area contributed by atoms with Gasteiger partial charge in [-0.2, -0.15) is 0 Å². The SMILES string of the molecule is CCCCCCCCCc1ccccc1OC(=S)NCC1(C)CC(NC(=S)Oc2ccccc2CCCCCCCCC)CC(C)(C)C1. The monoisotopic (exact) mass is 694 g/mol. The molecule has 4 nitrogen and oxygen atoms in total. The Hall–Kier alpha value is -2.18. The van der Waals surface area contributed by atoms with Crippen LogP contribution in [0.4, 0.5) is 0 Å². The highest BCUT2D eigenvalue weighted by molar-refractivity contribution is 7.80. The lowest BCUT2D eigenvalue weighted by atomic mass is 9.62. The molecule has 0 radical (unpaired) electrons. The summed E-state index contributed by atoms with van der Waals surface area (Å²) in [6.45, 7) is 12.4. The molecule has 1 aliphatic carbocycles. The molecule has 2 atom stereocenters. The maximum atomic E-state index is 6.29. The van der Waals surface area contributed by atoms with Crippen LogP contribution in [0.5, 0.6) is 11.5 Å². The van der Waals surface area contributed by atoms with E-state index < -0.39 is 0 Å². The minimum Gasteiger partial charge on any atom is -0.432 e. The van der Waals surface area contributed by atoms with Crippen molar-refractivity contribution in [2.75, 3.05) is 6.54 Å². The summed E-state index contributed by atoms with van der Waals surface area (Å²) in [4.78, 5) is 0. The van der Waals surface area contributed by atoms with Crippen molar-refractivity contribution < 1.29 is 9.47 Å². The normalized spacial score (nSPS) is 18.6. The Balaban J connectivity index is 1.48. The van der Waals surface area contributed by atoms with Gasteiger partial charge in [-0.05, 0) is 103 Å². The van der Waals surface area contributed by atoms with Gasteiger partial charge in [0, 0.05) is 12.6 Å². The molecule has 6 heteroatoms. The average Bonchev–Trinajstić information content (AvgIpc) is 3.03. The number of ether oxygens (including phenoxy) is 2. The zero-order valence-corrected chi connectivity index (χ0v) is 32.6. The van der Waals surface area contributed by atoms with Gasteiger partial charge in [-0.1, -0.05) is 148 Å². The first-order valence-corrected chi connectivity index (χ1v) is 20.0. The van der Waals surface area contributed by atoms with E-state index in [1.807, 2.05) is 18.2 Å². The van der Waals surface area contributed by atoms with E-state index in [1.54, 1.807) is 0 Å². The largest absolute Gasteiger partial charge is 0.432 e. The van der Waals surface area contributed by atoms with E-state index in [9.17, 15) is 0 Å². The van der Waals surface area contributed by atoms with Crippen LogP contribution in [0.1, 0.15) is 155 Å². The first-order chi connectivity index (χ1) is 23.1. The van der Waals surface area contributed by atoms with Crippen LogP contribution in [0.3, 0.4) is 0 Å². The third kappa shape index (κ3) is 15.6. The molecule has 1 aliphatic rings. The van der Waals surface area contributed by atoms with E-state index in [0.29, 0.717) is 10.3 Å². The third-order valence-corrected chi connectivity index (χ3v) is 10.3. The molecule has 0 spiro atoms. The van der Waals surface area contributed by atoms with Crippen molar-refractivity contribution in [2.24, 2.45) is 10.8 Å². The molecule has 0 bridgehead atoms. The van der Waals surface area contributed by atoms with Gasteiger partial charge < -0.3 is 20.1 Å². The molecule has 1 fully saturated rings. The Bertz CT molecular complexity index is 1230. The van der Waals surface area contributed by atoms with Gasteiger partial charge >= 0.3 is 0 Å². The van der Waals surface area contributed by atoms with Crippen molar-refractivity contribution >= 4 is 34.8 Å². The smallest absolute Gasteiger partial charge is 0.262 e. The summed E-state index contributed by atoms with van der Waals surface area (Å²) in [5.41, 5.74) is 2.66. The predicted octanol–water partition coefficient (Wildman–Crippen LogP) is 12.1. The summed E-state index contributed by atoms with van der Waals surface area (Å²) >= 11 is 11.5. The lowest BCUT2D eigenvalue weighted by Gasteiger charge is -2.47. The number of rotatable bonds is 21. The summed E-state index contributed by atoms with van der Waals surface area (Å²) in [6.07, 6.45) is 23.4. The van der Waals surface area contributed by atoms with E-state index in [-0.39, 0.29) is 16.9 Å². The van der Waals surface area contributed by atoms with Crippen LogP contribution < -0.4 is 20.1 Å². The van der Waals surface area contributed by atoms with Gasteiger partial charge in [-0.15, -0.1) is 0 Å². The molecule has 0 amide bonds. The van der Waals surface area contributed by atoms with Gasteiger partial charge in [0.15, 0.2) is 0 Å². The molecule has 2 aromatic rings. The predicted molar refractivity (Wildman–Crippen MR) is 213 cm³/mol. The molecule has 0 saturated heterocycles. The van der Waals surface area contributed by atoms with E-state index >= 15 is 0 Å². The number of unbranched alkanes of at least 4 members (excludes halogenated alkanes) is 12. The van der Waals surface area contributed by atoms with Gasteiger partial charge in [0.2, 0.25) is 0 Å². The van der Waals surface area contributed by atoms with Crippen LogP contribution in [0, 0.1) is 10.8 Å². The van der Waals surface area contributed by atoms with Crippen LogP contribution in [0.25, 0.3) is 0 Å². The molecular weight excluding hydrogens is 629 g/mol. The van der Waals surface area contributed by atoms with E-state index in [4.69, 9.17) is 33.9 Å². The maximum absolute atomic E-state index is 6.29. The average molecular weight is 695 g/mol. The summed E-state index contributed by atoms with van der Waals surface area (Å²) < 4.78 is 12.5. The maximum Gasteiger partial charge on any atom is 0.262 e. The van der Waals surface area contributed by atoms with E-state index in [2.05, 4.69) is 75.6 Å². The summed E-state index contributed by atoms with van der Waals surface area (Å²) in [6, 6.07) is 17.0. The fourth-order valence-electron chi connectivity index (χ4n) is 7.75. The summed E-state index contributed by atoms with van der Waals surface area (Å²) in [7, 11) is 0.